The fraction of sp³-hybridized carbons (Fsp3) is 0.545. The highest BCUT2D eigenvalue weighted by molar-refractivity contribution is 8.00. The fourth-order valence-electron chi connectivity index (χ4n) is 1.90. The summed E-state index contributed by atoms with van der Waals surface area (Å²) in [6.45, 7) is 0. The summed E-state index contributed by atoms with van der Waals surface area (Å²) in [5.74, 6) is 0. The maximum atomic E-state index is 6.07. The first kappa shape index (κ1) is 11.2. The minimum Gasteiger partial charge on any atom is -0.328 e. The van der Waals surface area contributed by atoms with E-state index in [1.807, 2.05) is 12.1 Å². The van der Waals surface area contributed by atoms with Crippen LogP contribution >= 0.6 is 23.4 Å². The molecule has 1 heterocycles. The van der Waals surface area contributed by atoms with Crippen molar-refractivity contribution in [1.82, 2.24) is 4.98 Å². The first-order valence-electron chi connectivity index (χ1n) is 5.28. The van der Waals surface area contributed by atoms with Crippen LogP contribution < -0.4 is 5.73 Å². The molecule has 4 heteroatoms. The Bertz CT molecular complexity index is 332. The number of nitrogens with zero attached hydrogens (tertiary/aromatic N) is 1. The van der Waals surface area contributed by atoms with E-state index >= 15 is 0 Å². The van der Waals surface area contributed by atoms with Crippen molar-refractivity contribution in [1.29, 1.82) is 0 Å². The molecule has 0 bridgehead atoms. The molecule has 1 aromatic rings. The summed E-state index contributed by atoms with van der Waals surface area (Å²) in [5, 5.41) is 2.28. The largest absolute Gasteiger partial charge is 0.328 e. The van der Waals surface area contributed by atoms with E-state index in [2.05, 4.69) is 4.98 Å². The topological polar surface area (TPSA) is 38.9 Å². The number of pyridine rings is 1. The molecule has 1 saturated carbocycles. The highest BCUT2D eigenvalue weighted by Crippen LogP contribution is 2.35. The molecule has 2 N–H and O–H groups in total. The van der Waals surface area contributed by atoms with E-state index in [1.54, 1.807) is 18.0 Å². The Morgan fingerprint density at radius 2 is 2.33 bits per heavy atom. The number of hydrogen-bond donors (Lipinski definition) is 1. The molecule has 2 rings (SSSR count). The Labute approximate surface area is 99.6 Å². The van der Waals surface area contributed by atoms with Gasteiger partial charge in [0, 0.05) is 17.5 Å². The monoisotopic (exact) mass is 242 g/mol. The quantitative estimate of drug-likeness (QED) is 0.866. The van der Waals surface area contributed by atoms with E-state index in [0.717, 1.165) is 22.9 Å². The van der Waals surface area contributed by atoms with Crippen LogP contribution in [-0.2, 0) is 0 Å². The lowest BCUT2D eigenvalue weighted by Gasteiger charge is -2.25. The van der Waals surface area contributed by atoms with Gasteiger partial charge in [-0.05, 0) is 31.4 Å². The van der Waals surface area contributed by atoms with Crippen LogP contribution in [0.4, 0.5) is 0 Å². The van der Waals surface area contributed by atoms with E-state index in [9.17, 15) is 0 Å². The summed E-state index contributed by atoms with van der Waals surface area (Å²) < 4.78 is 0. The highest BCUT2D eigenvalue weighted by Gasteiger charge is 2.21. The zero-order chi connectivity index (χ0) is 10.7. The van der Waals surface area contributed by atoms with Gasteiger partial charge < -0.3 is 5.73 Å². The SMILES string of the molecule is NC1CCCC(Sc2ncccc2Cl)C1. The van der Waals surface area contributed by atoms with Gasteiger partial charge in [-0.15, -0.1) is 11.8 Å². The number of hydrogen-bond acceptors (Lipinski definition) is 3. The maximum absolute atomic E-state index is 6.07. The maximum Gasteiger partial charge on any atom is 0.115 e. The molecule has 0 aliphatic heterocycles. The van der Waals surface area contributed by atoms with Gasteiger partial charge in [0.1, 0.15) is 5.03 Å². The van der Waals surface area contributed by atoms with Crippen LogP contribution in [0.5, 0.6) is 0 Å². The summed E-state index contributed by atoms with van der Waals surface area (Å²) in [6.07, 6.45) is 6.48. The van der Waals surface area contributed by atoms with Gasteiger partial charge in [-0.25, -0.2) is 4.98 Å². The van der Waals surface area contributed by atoms with Crippen molar-refractivity contribution in [3.8, 4) is 0 Å². The number of halogens is 1. The van der Waals surface area contributed by atoms with Gasteiger partial charge >= 0.3 is 0 Å². The van der Waals surface area contributed by atoms with E-state index in [0.29, 0.717) is 11.3 Å². The van der Waals surface area contributed by atoms with E-state index in [-0.39, 0.29) is 0 Å². The molecular weight excluding hydrogens is 228 g/mol. The first-order chi connectivity index (χ1) is 7.25. The molecule has 1 aliphatic carbocycles. The molecule has 0 amide bonds. The molecule has 0 radical (unpaired) electrons. The van der Waals surface area contributed by atoms with Gasteiger partial charge in [0.15, 0.2) is 0 Å². The van der Waals surface area contributed by atoms with Gasteiger partial charge in [0.05, 0.1) is 5.02 Å². The van der Waals surface area contributed by atoms with Gasteiger partial charge in [-0.2, -0.15) is 0 Å². The zero-order valence-corrected chi connectivity index (χ0v) is 10.1. The van der Waals surface area contributed by atoms with E-state index in [1.165, 1.54) is 12.8 Å². The molecular formula is C11H15ClN2S. The molecule has 1 fully saturated rings. The molecule has 1 aliphatic rings. The van der Waals surface area contributed by atoms with Crippen LogP contribution in [0, 0.1) is 0 Å². The number of nitrogens with two attached hydrogens (primary N) is 1. The standard InChI is InChI=1S/C11H15ClN2S/c12-10-5-2-6-14-11(10)15-9-4-1-3-8(13)7-9/h2,5-6,8-9H,1,3-4,7,13H2. The van der Waals surface area contributed by atoms with E-state index < -0.39 is 0 Å². The normalized spacial score (nSPS) is 26.5. The summed E-state index contributed by atoms with van der Waals surface area (Å²) in [4.78, 5) is 4.29. The third-order valence-corrected chi connectivity index (χ3v) is 4.40. The van der Waals surface area contributed by atoms with Crippen molar-refractivity contribution in [3.63, 3.8) is 0 Å². The van der Waals surface area contributed by atoms with E-state index in [4.69, 9.17) is 17.3 Å². The zero-order valence-electron chi connectivity index (χ0n) is 8.53. The second kappa shape index (κ2) is 5.19. The minimum absolute atomic E-state index is 0.360. The Morgan fingerprint density at radius 1 is 1.47 bits per heavy atom. The molecule has 0 aromatic carbocycles. The average Bonchev–Trinajstić information content (AvgIpc) is 2.22. The minimum atomic E-state index is 0.360. The summed E-state index contributed by atoms with van der Waals surface area (Å²) in [6, 6.07) is 4.11. The van der Waals surface area contributed by atoms with Crippen LogP contribution in [-0.4, -0.2) is 16.3 Å². The molecule has 2 nitrogen and oxygen atoms in total. The molecule has 2 atom stereocenters. The summed E-state index contributed by atoms with van der Waals surface area (Å²) in [7, 11) is 0. The summed E-state index contributed by atoms with van der Waals surface area (Å²) in [5.41, 5.74) is 5.95. The Kier molecular flexibility index (Phi) is 3.89. The fourth-order valence-corrected chi connectivity index (χ4v) is 3.41. The average molecular weight is 243 g/mol. The molecule has 82 valence electrons. The van der Waals surface area contributed by atoms with Crippen LogP contribution in [0.2, 0.25) is 5.02 Å². The number of aromatic nitrogens is 1. The molecule has 0 saturated heterocycles. The van der Waals surface area contributed by atoms with Crippen molar-refractivity contribution in [2.24, 2.45) is 5.73 Å². The van der Waals surface area contributed by atoms with Gasteiger partial charge in [-0.1, -0.05) is 18.0 Å². The van der Waals surface area contributed by atoms with Crippen molar-refractivity contribution in [2.75, 3.05) is 0 Å². The Hall–Kier alpha value is -0.250. The molecule has 2 unspecified atom stereocenters. The number of thioether (sulfide) groups is 1. The lowest BCUT2D eigenvalue weighted by Crippen LogP contribution is -2.29. The third kappa shape index (κ3) is 3.10. The smallest absolute Gasteiger partial charge is 0.115 e. The highest BCUT2D eigenvalue weighted by atomic mass is 35.5. The predicted octanol–water partition coefficient (Wildman–Crippen LogP) is 3.10. The van der Waals surface area contributed by atoms with Gasteiger partial charge in [-0.3, -0.25) is 0 Å². The Morgan fingerprint density at radius 3 is 3.07 bits per heavy atom. The van der Waals surface area contributed by atoms with Crippen molar-refractivity contribution in [3.05, 3.63) is 23.4 Å². The van der Waals surface area contributed by atoms with Crippen LogP contribution in [0.3, 0.4) is 0 Å². The lowest BCUT2D eigenvalue weighted by molar-refractivity contribution is 0.451. The van der Waals surface area contributed by atoms with Crippen LogP contribution in [0.15, 0.2) is 23.4 Å². The van der Waals surface area contributed by atoms with Crippen molar-refractivity contribution < 1.29 is 0 Å². The molecule has 1 aromatic heterocycles. The lowest BCUT2D eigenvalue weighted by atomic mass is 9.96. The van der Waals surface area contributed by atoms with Gasteiger partial charge in [0.25, 0.3) is 0 Å². The van der Waals surface area contributed by atoms with Gasteiger partial charge in [0.2, 0.25) is 0 Å². The second-order valence-electron chi connectivity index (χ2n) is 3.96. The first-order valence-corrected chi connectivity index (χ1v) is 6.54. The molecule has 0 spiro atoms. The van der Waals surface area contributed by atoms with Crippen LogP contribution in [0.1, 0.15) is 25.7 Å². The molecule has 15 heavy (non-hydrogen) atoms. The Balaban J connectivity index is 1.99. The van der Waals surface area contributed by atoms with Crippen molar-refractivity contribution in [2.45, 2.75) is 42.0 Å². The summed E-state index contributed by atoms with van der Waals surface area (Å²) >= 11 is 7.84. The second-order valence-corrected chi connectivity index (χ2v) is 5.65. The third-order valence-electron chi connectivity index (χ3n) is 2.67. The predicted molar refractivity (Wildman–Crippen MR) is 65.3 cm³/mol. The van der Waals surface area contributed by atoms with Crippen molar-refractivity contribution >= 4 is 23.4 Å². The number of rotatable bonds is 2. The van der Waals surface area contributed by atoms with Crippen LogP contribution in [0.25, 0.3) is 0 Å².